The van der Waals surface area contributed by atoms with Crippen molar-refractivity contribution in [1.82, 2.24) is 20.4 Å². The number of aryl methyl sites for hydroxylation is 2. The molecule has 4 nitrogen and oxygen atoms in total. The quantitative estimate of drug-likeness (QED) is 0.727. The molecule has 1 rings (SSSR count). The van der Waals surface area contributed by atoms with E-state index in [9.17, 15) is 0 Å². The molecule has 0 aliphatic carbocycles. The Bertz CT molecular complexity index is 319. The van der Waals surface area contributed by atoms with Gasteiger partial charge in [0.25, 0.3) is 0 Å². The van der Waals surface area contributed by atoms with Crippen molar-refractivity contribution in [3.63, 3.8) is 0 Å². The molecular formula is C9H16N4S. The predicted octanol–water partition coefficient (Wildman–Crippen LogP) is 0.805. The molecule has 78 valence electrons. The second-order valence-electron chi connectivity index (χ2n) is 3.03. The van der Waals surface area contributed by atoms with Gasteiger partial charge in [-0.2, -0.15) is 5.10 Å². The number of aromatic nitrogens is 2. The van der Waals surface area contributed by atoms with Crippen LogP contribution in [-0.4, -0.2) is 21.9 Å². The number of thiocarbonyl (C=S) groups is 1. The monoisotopic (exact) mass is 212 g/mol. The van der Waals surface area contributed by atoms with Crippen molar-refractivity contribution in [1.29, 1.82) is 0 Å². The van der Waals surface area contributed by atoms with Crippen molar-refractivity contribution in [3.05, 3.63) is 17.5 Å². The van der Waals surface area contributed by atoms with Crippen LogP contribution in [0.15, 0.2) is 6.20 Å². The lowest BCUT2D eigenvalue weighted by atomic mass is 10.3. The summed E-state index contributed by atoms with van der Waals surface area (Å²) in [5.41, 5.74) is 2.24. The summed E-state index contributed by atoms with van der Waals surface area (Å²) in [4.78, 5) is 0. The van der Waals surface area contributed by atoms with Gasteiger partial charge in [-0.3, -0.25) is 4.68 Å². The van der Waals surface area contributed by atoms with Gasteiger partial charge in [-0.15, -0.1) is 0 Å². The molecule has 0 unspecified atom stereocenters. The van der Waals surface area contributed by atoms with Crippen molar-refractivity contribution >= 4 is 17.3 Å². The minimum Gasteiger partial charge on any atom is -0.366 e. The molecule has 2 N–H and O–H groups in total. The number of nitrogens with zero attached hydrogens (tertiary/aromatic N) is 2. The Morgan fingerprint density at radius 2 is 2.36 bits per heavy atom. The molecule has 1 heterocycles. The summed E-state index contributed by atoms with van der Waals surface area (Å²) in [6, 6.07) is 0. The standard InChI is InChI=1S/C9H16N4S/c1-4-13-6-8(7(2)12-13)5-11-9(14)10-3/h6H,4-5H2,1-3H3,(H2,10,11,14). The first-order valence-electron chi connectivity index (χ1n) is 4.66. The molecule has 0 aromatic carbocycles. The highest BCUT2D eigenvalue weighted by Crippen LogP contribution is 2.04. The van der Waals surface area contributed by atoms with E-state index in [1.54, 1.807) is 7.05 Å². The molecule has 0 atom stereocenters. The number of hydrogen-bond donors (Lipinski definition) is 2. The predicted molar refractivity (Wildman–Crippen MR) is 61.1 cm³/mol. The summed E-state index contributed by atoms with van der Waals surface area (Å²) in [7, 11) is 1.80. The summed E-state index contributed by atoms with van der Waals surface area (Å²) < 4.78 is 1.93. The Balaban J connectivity index is 2.58. The van der Waals surface area contributed by atoms with Crippen LogP contribution in [0.3, 0.4) is 0 Å². The third kappa shape index (κ3) is 2.70. The summed E-state index contributed by atoms with van der Waals surface area (Å²) in [5.74, 6) is 0. The number of rotatable bonds is 3. The fourth-order valence-electron chi connectivity index (χ4n) is 1.16. The second kappa shape index (κ2) is 4.95. The second-order valence-corrected chi connectivity index (χ2v) is 3.44. The average Bonchev–Trinajstić information content (AvgIpc) is 2.55. The largest absolute Gasteiger partial charge is 0.366 e. The van der Waals surface area contributed by atoms with Crippen LogP contribution < -0.4 is 10.6 Å². The maximum atomic E-state index is 4.98. The lowest BCUT2D eigenvalue weighted by Crippen LogP contribution is -2.31. The van der Waals surface area contributed by atoms with Gasteiger partial charge in [0.05, 0.1) is 5.69 Å². The normalized spacial score (nSPS) is 9.93. The Labute approximate surface area is 89.7 Å². The molecule has 0 spiro atoms. The third-order valence-corrected chi connectivity index (χ3v) is 2.39. The average molecular weight is 212 g/mol. The highest BCUT2D eigenvalue weighted by molar-refractivity contribution is 7.80. The summed E-state index contributed by atoms with van der Waals surface area (Å²) in [5, 5.41) is 11.0. The van der Waals surface area contributed by atoms with Gasteiger partial charge < -0.3 is 10.6 Å². The van der Waals surface area contributed by atoms with Crippen molar-refractivity contribution in [2.24, 2.45) is 0 Å². The van der Waals surface area contributed by atoms with Crippen LogP contribution >= 0.6 is 12.2 Å². The Hall–Kier alpha value is -1.10. The Morgan fingerprint density at radius 1 is 1.64 bits per heavy atom. The lowest BCUT2D eigenvalue weighted by Gasteiger charge is -2.05. The molecule has 5 heteroatoms. The lowest BCUT2D eigenvalue weighted by molar-refractivity contribution is 0.653. The van der Waals surface area contributed by atoms with Crippen LogP contribution in [0.4, 0.5) is 0 Å². The molecule has 1 aromatic rings. The van der Waals surface area contributed by atoms with Gasteiger partial charge in [-0.05, 0) is 26.1 Å². The molecule has 0 radical (unpaired) electrons. The van der Waals surface area contributed by atoms with Gasteiger partial charge in [0.1, 0.15) is 0 Å². The van der Waals surface area contributed by atoms with Gasteiger partial charge in [-0.25, -0.2) is 0 Å². The van der Waals surface area contributed by atoms with Crippen LogP contribution in [0, 0.1) is 6.92 Å². The molecule has 0 aliphatic rings. The van der Waals surface area contributed by atoms with E-state index in [4.69, 9.17) is 12.2 Å². The molecule has 0 fully saturated rings. The fourth-order valence-corrected chi connectivity index (χ4v) is 1.23. The maximum absolute atomic E-state index is 4.98. The van der Waals surface area contributed by atoms with E-state index >= 15 is 0 Å². The molecular weight excluding hydrogens is 196 g/mol. The first-order chi connectivity index (χ1) is 6.67. The Kier molecular flexibility index (Phi) is 3.88. The van der Waals surface area contributed by atoms with Crippen LogP contribution in [0.25, 0.3) is 0 Å². The fraction of sp³-hybridized carbons (Fsp3) is 0.556. The summed E-state index contributed by atoms with van der Waals surface area (Å²) >= 11 is 4.98. The molecule has 14 heavy (non-hydrogen) atoms. The van der Waals surface area contributed by atoms with Gasteiger partial charge in [0.2, 0.25) is 0 Å². The van der Waals surface area contributed by atoms with Gasteiger partial charge in [-0.1, -0.05) is 0 Å². The van der Waals surface area contributed by atoms with E-state index in [2.05, 4.69) is 22.7 Å². The van der Waals surface area contributed by atoms with Crippen LogP contribution in [0.2, 0.25) is 0 Å². The van der Waals surface area contributed by atoms with E-state index in [1.165, 1.54) is 5.56 Å². The smallest absolute Gasteiger partial charge is 0.166 e. The first-order valence-corrected chi connectivity index (χ1v) is 5.06. The zero-order valence-corrected chi connectivity index (χ0v) is 9.61. The van der Waals surface area contributed by atoms with Crippen molar-refractivity contribution in [3.8, 4) is 0 Å². The van der Waals surface area contributed by atoms with Gasteiger partial charge in [0.15, 0.2) is 5.11 Å². The minimum absolute atomic E-state index is 0.661. The summed E-state index contributed by atoms with van der Waals surface area (Å²) in [6.45, 7) is 5.70. The van der Waals surface area contributed by atoms with Crippen LogP contribution in [0.1, 0.15) is 18.2 Å². The highest BCUT2D eigenvalue weighted by Gasteiger charge is 2.03. The SMILES string of the molecule is CCn1cc(CNC(=S)NC)c(C)n1. The van der Waals surface area contributed by atoms with E-state index in [-0.39, 0.29) is 0 Å². The number of nitrogens with one attached hydrogen (secondary N) is 2. The Morgan fingerprint density at radius 3 is 2.86 bits per heavy atom. The molecule has 0 bridgehead atoms. The van der Waals surface area contributed by atoms with Crippen LogP contribution in [0.5, 0.6) is 0 Å². The number of hydrogen-bond acceptors (Lipinski definition) is 2. The van der Waals surface area contributed by atoms with E-state index in [0.29, 0.717) is 5.11 Å². The van der Waals surface area contributed by atoms with Crippen molar-refractivity contribution in [2.45, 2.75) is 26.9 Å². The third-order valence-electron chi connectivity index (χ3n) is 2.04. The molecule has 0 amide bonds. The molecule has 0 saturated carbocycles. The first kappa shape index (κ1) is 11.0. The topological polar surface area (TPSA) is 41.9 Å². The molecule has 0 saturated heterocycles. The van der Waals surface area contributed by atoms with Crippen LogP contribution in [-0.2, 0) is 13.1 Å². The molecule has 0 aliphatic heterocycles. The van der Waals surface area contributed by atoms with Crippen molar-refractivity contribution in [2.75, 3.05) is 7.05 Å². The maximum Gasteiger partial charge on any atom is 0.166 e. The molecule has 1 aromatic heterocycles. The van der Waals surface area contributed by atoms with Gasteiger partial charge >= 0.3 is 0 Å². The zero-order chi connectivity index (χ0) is 10.6. The van der Waals surface area contributed by atoms with Crippen molar-refractivity contribution < 1.29 is 0 Å². The highest BCUT2D eigenvalue weighted by atomic mass is 32.1. The van der Waals surface area contributed by atoms with E-state index < -0.39 is 0 Å². The van der Waals surface area contributed by atoms with E-state index in [1.807, 2.05) is 17.8 Å². The van der Waals surface area contributed by atoms with E-state index in [0.717, 1.165) is 18.8 Å². The minimum atomic E-state index is 0.661. The zero-order valence-electron chi connectivity index (χ0n) is 8.79. The van der Waals surface area contributed by atoms with Gasteiger partial charge in [0, 0.05) is 31.9 Å². The summed E-state index contributed by atoms with van der Waals surface area (Å²) in [6.07, 6.45) is 2.04.